The predicted molar refractivity (Wildman–Crippen MR) is 207 cm³/mol. The Hall–Kier alpha value is -1.60. The van der Waals surface area contributed by atoms with Crippen LogP contribution in [-0.2, 0) is 38.5 Å². The minimum absolute atomic E-state index is 0.0488. The second-order valence-corrected chi connectivity index (χ2v) is 19.9. The first-order chi connectivity index (χ1) is 26.2. The summed E-state index contributed by atoms with van der Waals surface area (Å²) in [5.41, 5.74) is 1.29. The van der Waals surface area contributed by atoms with E-state index >= 15 is 0 Å². The van der Waals surface area contributed by atoms with Gasteiger partial charge >= 0.3 is 0 Å². The molecular weight excluding hydrogens is 717 g/mol. The maximum Gasteiger partial charge on any atom is 0.201 e. The molecule has 2 saturated carbocycles. The van der Waals surface area contributed by atoms with Crippen molar-refractivity contribution < 1.29 is 43.3 Å². The number of hydrogen-bond acceptors (Lipinski definition) is 10. The molecule has 0 amide bonds. The number of ether oxygens (including phenoxy) is 4. The number of hydrogen-bond donors (Lipinski definition) is 1. The highest BCUT2D eigenvalue weighted by molar-refractivity contribution is 7.80. The van der Waals surface area contributed by atoms with Gasteiger partial charge in [0.25, 0.3) is 0 Å². The number of rotatable bonds is 9. The summed E-state index contributed by atoms with van der Waals surface area (Å²) in [5.74, 6) is 0.415. The number of fused-ring (bicyclic) bond motifs is 4. The number of thiol groups is 1. The first kappa shape index (κ1) is 38.9. The van der Waals surface area contributed by atoms with Gasteiger partial charge in [-0.15, -0.1) is 12.6 Å². The molecule has 55 heavy (non-hydrogen) atoms. The Morgan fingerprint density at radius 1 is 0.691 bits per heavy atom. The van der Waals surface area contributed by atoms with Crippen LogP contribution in [0.5, 0.6) is 0 Å². The number of ketones is 1. The van der Waals surface area contributed by atoms with Crippen LogP contribution in [0.15, 0.2) is 53.5 Å². The van der Waals surface area contributed by atoms with Crippen molar-refractivity contribution in [1.82, 2.24) is 0 Å². The second-order valence-electron chi connectivity index (χ2n) is 19.3. The third kappa shape index (κ3) is 6.21. The zero-order chi connectivity index (χ0) is 38.7. The minimum atomic E-state index is -0.841. The van der Waals surface area contributed by atoms with Gasteiger partial charge in [-0.3, -0.25) is 4.79 Å². The molecule has 8 heterocycles. The molecule has 11 rings (SSSR count). The van der Waals surface area contributed by atoms with E-state index in [4.69, 9.17) is 51.7 Å². The van der Waals surface area contributed by atoms with Crippen LogP contribution in [-0.4, -0.2) is 53.3 Å². The molecule has 10 fully saturated rings. The highest BCUT2D eigenvalue weighted by Crippen LogP contribution is 2.63. The van der Waals surface area contributed by atoms with Crippen molar-refractivity contribution in [3.63, 3.8) is 0 Å². The van der Waals surface area contributed by atoms with Crippen molar-refractivity contribution in [2.75, 3.05) is 0 Å². The van der Waals surface area contributed by atoms with Crippen molar-refractivity contribution >= 4 is 18.4 Å². The molecule has 10 aliphatic rings. The summed E-state index contributed by atoms with van der Waals surface area (Å²) in [6, 6.07) is 7.44. The Balaban J connectivity index is 0.979. The summed E-state index contributed by atoms with van der Waals surface area (Å²) in [6.07, 6.45) is 7.89. The first-order valence-corrected chi connectivity index (χ1v) is 21.7. The van der Waals surface area contributed by atoms with Gasteiger partial charge in [0.1, 0.15) is 0 Å². The Morgan fingerprint density at radius 2 is 1.15 bits per heavy atom. The predicted octanol–water partition coefficient (Wildman–Crippen LogP) is 9.56. The van der Waals surface area contributed by atoms with E-state index in [-0.39, 0.29) is 54.0 Å². The van der Waals surface area contributed by atoms with Gasteiger partial charge in [0, 0.05) is 47.5 Å². The smallest absolute Gasteiger partial charge is 0.201 e. The van der Waals surface area contributed by atoms with E-state index < -0.39 is 35.4 Å². The fourth-order valence-electron chi connectivity index (χ4n) is 12.8. The third-order valence-electron chi connectivity index (χ3n) is 16.1. The Morgan fingerprint density at radius 3 is 1.60 bits per heavy atom. The van der Waals surface area contributed by atoms with Crippen LogP contribution in [0, 0.1) is 53.3 Å². The van der Waals surface area contributed by atoms with Crippen LogP contribution in [0.1, 0.15) is 123 Å². The van der Waals surface area contributed by atoms with Crippen LogP contribution in [0.3, 0.4) is 0 Å². The zero-order valence-electron chi connectivity index (χ0n) is 33.6. The molecule has 17 atom stereocenters. The highest BCUT2D eigenvalue weighted by Gasteiger charge is 2.71. The quantitative estimate of drug-likeness (QED) is 0.114. The van der Waals surface area contributed by atoms with E-state index in [0.717, 1.165) is 67.4 Å². The number of Topliss-reactive ketones (excluding diaryl/α,β-unsaturated/α-hetero) is 1. The normalized spacial score (nSPS) is 48.9. The van der Waals surface area contributed by atoms with E-state index in [1.54, 1.807) is 0 Å². The molecule has 10 heteroatoms. The standard InChI is InChI=1S/C45H62O9S/c1-24-9-15-35-28(5)38(47-40-44(35)33(24)17-19-42(7,49-40)51-53-44)21-26(3)32(23-37(46)30-11-13-31(55)14-12-30)27(4)22-39-29(6)36-16-10-25(2)34-18-20-43(8)50-41(48-39)45(34,36)54-52-43/h11-14,24-25,28-29,32-36,38-41,55H,3-4,9-10,15-23H2,1-2,5-8H3/t24-,25-,28-,29-,32?,33+,34+,35+,36+,38-,39-,40-,41?,42+,43+,44-,45-/m1/s1. The fourth-order valence-corrected chi connectivity index (χ4v) is 12.9. The molecule has 302 valence electrons. The van der Waals surface area contributed by atoms with Gasteiger partial charge in [-0.05, 0) is 113 Å². The molecule has 9 nitrogen and oxygen atoms in total. The Labute approximate surface area is 332 Å². The highest BCUT2D eigenvalue weighted by atomic mass is 32.1. The number of carbonyl (C=O) groups excluding carboxylic acids is 1. The third-order valence-corrected chi connectivity index (χ3v) is 16.4. The fraction of sp³-hybridized carbons (Fsp3) is 0.756. The minimum Gasteiger partial charge on any atom is -0.346 e. The van der Waals surface area contributed by atoms with E-state index in [1.165, 1.54) is 0 Å². The van der Waals surface area contributed by atoms with E-state index in [9.17, 15) is 4.79 Å². The molecule has 0 radical (unpaired) electrons. The van der Waals surface area contributed by atoms with Gasteiger partial charge < -0.3 is 18.9 Å². The first-order valence-electron chi connectivity index (χ1n) is 21.2. The van der Waals surface area contributed by atoms with Crippen LogP contribution in [0.4, 0.5) is 0 Å². The van der Waals surface area contributed by atoms with Gasteiger partial charge in [0.15, 0.2) is 29.6 Å². The summed E-state index contributed by atoms with van der Waals surface area (Å²) < 4.78 is 27.4. The zero-order valence-corrected chi connectivity index (χ0v) is 34.5. The van der Waals surface area contributed by atoms with Crippen molar-refractivity contribution in [1.29, 1.82) is 0 Å². The molecule has 2 aliphatic carbocycles. The lowest BCUT2D eigenvalue weighted by atomic mass is 9.57. The van der Waals surface area contributed by atoms with Crippen molar-refractivity contribution in [2.45, 2.75) is 165 Å². The monoisotopic (exact) mass is 778 g/mol. The van der Waals surface area contributed by atoms with Crippen molar-refractivity contribution in [2.24, 2.45) is 53.3 Å². The summed E-state index contributed by atoms with van der Waals surface area (Å²) >= 11 is 4.46. The lowest BCUT2D eigenvalue weighted by molar-refractivity contribution is -0.571. The molecule has 1 aromatic rings. The maximum atomic E-state index is 14.1. The molecular formula is C45H62O9S. The van der Waals surface area contributed by atoms with Gasteiger partial charge in [-0.25, -0.2) is 19.6 Å². The second kappa shape index (κ2) is 14.0. The van der Waals surface area contributed by atoms with Crippen molar-refractivity contribution in [3.8, 4) is 0 Å². The summed E-state index contributed by atoms with van der Waals surface area (Å²) in [7, 11) is 0. The van der Waals surface area contributed by atoms with Gasteiger partial charge in [0.05, 0.1) is 12.2 Å². The molecule has 0 aromatic heterocycles. The summed E-state index contributed by atoms with van der Waals surface area (Å²) in [4.78, 5) is 39.9. The van der Waals surface area contributed by atoms with Gasteiger partial charge in [0.2, 0.25) is 11.6 Å². The molecule has 2 spiro atoms. The lowest BCUT2D eigenvalue weighted by Gasteiger charge is -2.60. The molecule has 8 aliphatic heterocycles. The SMILES string of the molecule is C=C(C[C@H]1OC2O[C@]3(C)CC[C@H]4[C@H](C)CC[C@@H]([C@H]1C)[C@@]24OO3)C(CC(=O)c1ccc(S)cc1)C(=C)C[C@H]1O[C@@H]2O[C@]3(C)CC[C@H]4[C@H](C)CC[C@@H]([C@H]1C)[C@@]24OO3. The lowest BCUT2D eigenvalue weighted by Crippen LogP contribution is -2.70. The number of benzene rings is 1. The van der Waals surface area contributed by atoms with Crippen LogP contribution in [0.25, 0.3) is 0 Å². The summed E-state index contributed by atoms with van der Waals surface area (Å²) in [5, 5.41) is 0. The average molecular weight is 779 g/mol. The molecule has 1 aromatic carbocycles. The summed E-state index contributed by atoms with van der Waals surface area (Å²) in [6.45, 7) is 22.6. The molecule has 8 saturated heterocycles. The topological polar surface area (TPSA) is 90.9 Å². The van der Waals surface area contributed by atoms with Crippen LogP contribution < -0.4 is 0 Å². The number of carbonyl (C=O) groups is 1. The van der Waals surface area contributed by atoms with E-state index in [1.807, 2.05) is 38.1 Å². The van der Waals surface area contributed by atoms with Crippen LogP contribution in [0.2, 0.25) is 0 Å². The van der Waals surface area contributed by atoms with Crippen molar-refractivity contribution in [3.05, 3.63) is 54.1 Å². The Kier molecular flexibility index (Phi) is 9.91. The maximum absolute atomic E-state index is 14.1. The van der Waals surface area contributed by atoms with Gasteiger partial charge in [-0.1, -0.05) is 64.1 Å². The Bertz CT molecular complexity index is 1590. The molecule has 0 N–H and O–H groups in total. The molecule has 2 unspecified atom stereocenters. The largest absolute Gasteiger partial charge is 0.346 e. The van der Waals surface area contributed by atoms with E-state index in [0.29, 0.717) is 42.1 Å². The van der Waals surface area contributed by atoms with Gasteiger partial charge in [-0.2, -0.15) is 0 Å². The average Bonchev–Trinajstić information content (AvgIpc) is 3.53. The van der Waals surface area contributed by atoms with E-state index in [2.05, 4.69) is 40.3 Å². The molecule has 4 bridgehead atoms. The van der Waals surface area contributed by atoms with Crippen LogP contribution >= 0.6 is 12.6 Å².